The molecule has 0 aromatic carbocycles. The number of hydrogen-bond acceptors (Lipinski definition) is 1. The number of carbonyl (C=O) groups excluding carboxylic acids is 1. The van der Waals surface area contributed by atoms with Crippen LogP contribution in [-0.4, -0.2) is 12.5 Å². The van der Waals surface area contributed by atoms with Crippen LogP contribution in [0.2, 0.25) is 0 Å². The highest BCUT2D eigenvalue weighted by Gasteiger charge is 1.96. The van der Waals surface area contributed by atoms with Gasteiger partial charge in [0.05, 0.1) is 0 Å². The van der Waals surface area contributed by atoms with Crippen LogP contribution in [0.3, 0.4) is 0 Å². The highest BCUT2D eigenvalue weighted by Crippen LogP contribution is 1.91. The third kappa shape index (κ3) is 7.32. The lowest BCUT2D eigenvalue weighted by molar-refractivity contribution is -0.121. The molecule has 0 unspecified atom stereocenters. The zero-order valence-corrected chi connectivity index (χ0v) is 8.10. The highest BCUT2D eigenvalue weighted by atomic mass is 16.1. The van der Waals surface area contributed by atoms with Gasteiger partial charge >= 0.3 is 0 Å². The fourth-order valence-corrected chi connectivity index (χ4v) is 0.874. The van der Waals surface area contributed by atoms with Crippen molar-refractivity contribution in [1.29, 1.82) is 0 Å². The summed E-state index contributed by atoms with van der Waals surface area (Å²) in [6, 6.07) is 0. The predicted molar refractivity (Wildman–Crippen MR) is 52.0 cm³/mol. The van der Waals surface area contributed by atoms with E-state index in [0.717, 1.165) is 25.8 Å². The van der Waals surface area contributed by atoms with Gasteiger partial charge in [0.2, 0.25) is 5.91 Å². The molecule has 0 aromatic rings. The van der Waals surface area contributed by atoms with E-state index >= 15 is 0 Å². The van der Waals surface area contributed by atoms with Crippen LogP contribution in [0.5, 0.6) is 0 Å². The molecule has 0 saturated heterocycles. The molecule has 0 rings (SSSR count). The van der Waals surface area contributed by atoms with Crippen LogP contribution in [0.4, 0.5) is 0 Å². The topological polar surface area (TPSA) is 29.1 Å². The predicted octanol–water partition coefficient (Wildman–Crippen LogP) is 2.26. The van der Waals surface area contributed by atoms with Gasteiger partial charge in [-0.25, -0.2) is 0 Å². The zero-order valence-electron chi connectivity index (χ0n) is 8.10. The maximum Gasteiger partial charge on any atom is 0.220 e. The third-order valence-electron chi connectivity index (χ3n) is 1.63. The van der Waals surface area contributed by atoms with Crippen LogP contribution in [-0.2, 0) is 4.79 Å². The molecule has 0 spiro atoms. The van der Waals surface area contributed by atoms with E-state index in [1.165, 1.54) is 0 Å². The Morgan fingerprint density at radius 2 is 2.25 bits per heavy atom. The van der Waals surface area contributed by atoms with Crippen molar-refractivity contribution in [2.75, 3.05) is 6.54 Å². The summed E-state index contributed by atoms with van der Waals surface area (Å²) in [4.78, 5) is 11.0. The molecule has 1 N–H and O–H groups in total. The number of hydrogen-bond donors (Lipinski definition) is 1. The Morgan fingerprint density at radius 3 is 2.83 bits per heavy atom. The monoisotopic (exact) mass is 169 g/mol. The van der Waals surface area contributed by atoms with Crippen LogP contribution in [0, 0.1) is 0 Å². The number of carbonyl (C=O) groups is 1. The molecule has 0 aliphatic rings. The van der Waals surface area contributed by atoms with Gasteiger partial charge < -0.3 is 5.32 Å². The molecule has 0 bridgehead atoms. The molecule has 0 atom stereocenters. The normalized spacial score (nSPS) is 10.5. The van der Waals surface area contributed by atoms with E-state index in [9.17, 15) is 4.79 Å². The van der Waals surface area contributed by atoms with Gasteiger partial charge in [0.15, 0.2) is 0 Å². The minimum atomic E-state index is 0.168. The molecule has 1 amide bonds. The number of nitrogens with one attached hydrogen (secondary N) is 1. The summed E-state index contributed by atoms with van der Waals surface area (Å²) in [5, 5.41) is 2.87. The minimum absolute atomic E-state index is 0.168. The summed E-state index contributed by atoms with van der Waals surface area (Å²) >= 11 is 0. The average molecular weight is 169 g/mol. The van der Waals surface area contributed by atoms with Crippen LogP contribution < -0.4 is 5.32 Å². The fraction of sp³-hybridized carbons (Fsp3) is 0.700. The minimum Gasteiger partial charge on any atom is -0.356 e. The van der Waals surface area contributed by atoms with Crippen molar-refractivity contribution in [3.8, 4) is 0 Å². The molecule has 0 aliphatic carbocycles. The van der Waals surface area contributed by atoms with Crippen molar-refractivity contribution < 1.29 is 4.79 Å². The first-order chi connectivity index (χ1) is 5.81. The lowest BCUT2D eigenvalue weighted by atomic mass is 10.2. The van der Waals surface area contributed by atoms with E-state index in [4.69, 9.17) is 0 Å². The molecule has 2 heteroatoms. The zero-order chi connectivity index (χ0) is 9.23. The van der Waals surface area contributed by atoms with Crippen LogP contribution in [0.25, 0.3) is 0 Å². The van der Waals surface area contributed by atoms with E-state index in [1.807, 2.05) is 19.1 Å². The Morgan fingerprint density at radius 1 is 1.50 bits per heavy atom. The van der Waals surface area contributed by atoms with Crippen molar-refractivity contribution in [1.82, 2.24) is 5.32 Å². The summed E-state index contributed by atoms with van der Waals surface area (Å²) in [5.74, 6) is 0.168. The van der Waals surface area contributed by atoms with E-state index in [1.54, 1.807) is 0 Å². The van der Waals surface area contributed by atoms with Crippen molar-refractivity contribution in [2.24, 2.45) is 0 Å². The summed E-state index contributed by atoms with van der Waals surface area (Å²) in [6.45, 7) is 4.91. The van der Waals surface area contributed by atoms with Gasteiger partial charge in [0.1, 0.15) is 0 Å². The molecule has 12 heavy (non-hydrogen) atoms. The van der Waals surface area contributed by atoms with E-state index in [2.05, 4.69) is 12.2 Å². The third-order valence-corrected chi connectivity index (χ3v) is 1.63. The molecule has 0 saturated carbocycles. The van der Waals surface area contributed by atoms with E-state index in [-0.39, 0.29) is 5.91 Å². The Bertz CT molecular complexity index is 141. The molecule has 0 heterocycles. The molecule has 70 valence electrons. The standard InChI is InChI=1S/C10H19NO/c1-3-5-7-8-10(12)11-9-6-4-2/h3,5H,4,6-9H2,1-2H3,(H,11,12). The Balaban J connectivity index is 3.21. The van der Waals surface area contributed by atoms with Crippen molar-refractivity contribution in [3.63, 3.8) is 0 Å². The molecule has 2 nitrogen and oxygen atoms in total. The summed E-state index contributed by atoms with van der Waals surface area (Å²) < 4.78 is 0. The van der Waals surface area contributed by atoms with Crippen LogP contribution >= 0.6 is 0 Å². The fourth-order valence-electron chi connectivity index (χ4n) is 0.874. The van der Waals surface area contributed by atoms with Gasteiger partial charge in [-0.2, -0.15) is 0 Å². The van der Waals surface area contributed by atoms with Crippen molar-refractivity contribution >= 4 is 5.91 Å². The maximum atomic E-state index is 11.0. The van der Waals surface area contributed by atoms with Crippen molar-refractivity contribution in [3.05, 3.63) is 12.2 Å². The second-order valence-corrected chi connectivity index (χ2v) is 2.81. The number of unbranched alkanes of at least 4 members (excludes halogenated alkanes) is 1. The number of amides is 1. The van der Waals surface area contributed by atoms with Gasteiger partial charge in [-0.3, -0.25) is 4.79 Å². The lowest BCUT2D eigenvalue weighted by Gasteiger charge is -2.01. The second kappa shape index (κ2) is 8.31. The van der Waals surface area contributed by atoms with Crippen LogP contribution in [0.15, 0.2) is 12.2 Å². The summed E-state index contributed by atoms with van der Waals surface area (Å²) in [7, 11) is 0. The first kappa shape index (κ1) is 11.2. The van der Waals surface area contributed by atoms with Gasteiger partial charge in [-0.05, 0) is 19.8 Å². The molecule has 0 radical (unpaired) electrons. The summed E-state index contributed by atoms with van der Waals surface area (Å²) in [5.41, 5.74) is 0. The SMILES string of the molecule is CC=CCCC(=O)NCCCC. The van der Waals surface area contributed by atoms with Gasteiger partial charge in [-0.1, -0.05) is 25.5 Å². The lowest BCUT2D eigenvalue weighted by Crippen LogP contribution is -2.23. The smallest absolute Gasteiger partial charge is 0.220 e. The largest absolute Gasteiger partial charge is 0.356 e. The summed E-state index contributed by atoms with van der Waals surface area (Å²) in [6.07, 6.45) is 7.67. The van der Waals surface area contributed by atoms with Gasteiger partial charge in [-0.15, -0.1) is 0 Å². The molecule has 0 aliphatic heterocycles. The molecule has 0 fully saturated rings. The average Bonchev–Trinajstić information content (AvgIpc) is 2.06. The van der Waals surface area contributed by atoms with E-state index in [0.29, 0.717) is 6.42 Å². The first-order valence-corrected chi connectivity index (χ1v) is 4.69. The van der Waals surface area contributed by atoms with Gasteiger partial charge in [0.25, 0.3) is 0 Å². The molecular weight excluding hydrogens is 150 g/mol. The Labute approximate surface area is 75.0 Å². The Kier molecular flexibility index (Phi) is 7.76. The van der Waals surface area contributed by atoms with E-state index < -0.39 is 0 Å². The maximum absolute atomic E-state index is 11.0. The van der Waals surface area contributed by atoms with Crippen molar-refractivity contribution in [2.45, 2.75) is 39.5 Å². The Hall–Kier alpha value is -0.790. The quantitative estimate of drug-likeness (QED) is 0.479. The second-order valence-electron chi connectivity index (χ2n) is 2.81. The number of allylic oxidation sites excluding steroid dienone is 2. The highest BCUT2D eigenvalue weighted by molar-refractivity contribution is 5.75. The van der Waals surface area contributed by atoms with Crippen LogP contribution in [0.1, 0.15) is 39.5 Å². The molecule has 0 aromatic heterocycles. The molecular formula is C10H19NO. The first-order valence-electron chi connectivity index (χ1n) is 4.69. The number of rotatable bonds is 6. The van der Waals surface area contributed by atoms with Gasteiger partial charge in [0, 0.05) is 13.0 Å².